The van der Waals surface area contributed by atoms with Gasteiger partial charge >= 0.3 is 6.09 Å². The number of anilines is 1. The van der Waals surface area contributed by atoms with Crippen molar-refractivity contribution in [2.75, 3.05) is 12.0 Å². The monoisotopic (exact) mass is 301 g/mol. The number of halogens is 2. The average molecular weight is 302 g/mol. The predicted molar refractivity (Wildman–Crippen MR) is 66.6 cm³/mol. The zero-order chi connectivity index (χ0) is 12.4. The van der Waals surface area contributed by atoms with Crippen molar-refractivity contribution in [1.82, 2.24) is 0 Å². The molecule has 1 aliphatic rings. The molecule has 0 radical (unpaired) electrons. The van der Waals surface area contributed by atoms with E-state index in [2.05, 4.69) is 15.9 Å². The first kappa shape index (κ1) is 12.4. The summed E-state index contributed by atoms with van der Waals surface area (Å²) >= 11 is 3.18. The van der Waals surface area contributed by atoms with Gasteiger partial charge in [-0.15, -0.1) is 0 Å². The fourth-order valence-corrected chi connectivity index (χ4v) is 2.32. The Balaban J connectivity index is 2.37. The summed E-state index contributed by atoms with van der Waals surface area (Å²) in [6, 6.07) is 4.76. The average Bonchev–Trinajstić information content (AvgIpc) is 2.26. The number of rotatable bonds is 2. The van der Waals surface area contributed by atoms with E-state index in [9.17, 15) is 9.18 Å². The van der Waals surface area contributed by atoms with Crippen molar-refractivity contribution < 1.29 is 13.9 Å². The SMILES string of the molecule is COC(=O)N(c1cccc(F)c1Br)C1CCC1. The molecule has 5 heteroatoms. The summed E-state index contributed by atoms with van der Waals surface area (Å²) in [4.78, 5) is 13.3. The number of amides is 1. The lowest BCUT2D eigenvalue weighted by Crippen LogP contribution is -2.44. The van der Waals surface area contributed by atoms with Crippen LogP contribution in [0.1, 0.15) is 19.3 Å². The van der Waals surface area contributed by atoms with Gasteiger partial charge in [0.1, 0.15) is 5.82 Å². The normalized spacial score (nSPS) is 15.2. The molecule has 3 nitrogen and oxygen atoms in total. The lowest BCUT2D eigenvalue weighted by molar-refractivity contribution is 0.171. The number of carbonyl (C=O) groups excluding carboxylic acids is 1. The van der Waals surface area contributed by atoms with E-state index in [4.69, 9.17) is 4.74 Å². The summed E-state index contributed by atoms with van der Waals surface area (Å²) in [7, 11) is 1.33. The quantitative estimate of drug-likeness (QED) is 0.833. The molecular weight excluding hydrogens is 289 g/mol. The van der Waals surface area contributed by atoms with Crippen molar-refractivity contribution in [2.45, 2.75) is 25.3 Å². The van der Waals surface area contributed by atoms with Crippen LogP contribution in [0.5, 0.6) is 0 Å². The Morgan fingerprint density at radius 3 is 2.76 bits per heavy atom. The molecule has 1 aromatic rings. The smallest absolute Gasteiger partial charge is 0.414 e. The number of methoxy groups -OCH3 is 1. The molecule has 1 amide bonds. The Bertz CT molecular complexity index is 435. The molecule has 0 heterocycles. The number of nitrogens with zero attached hydrogens (tertiary/aromatic N) is 1. The van der Waals surface area contributed by atoms with Gasteiger partial charge in [-0.05, 0) is 47.3 Å². The predicted octanol–water partition coefficient (Wildman–Crippen LogP) is 3.71. The Hall–Kier alpha value is -1.10. The number of ether oxygens (including phenoxy) is 1. The third-order valence-electron chi connectivity index (χ3n) is 3.00. The highest BCUT2D eigenvalue weighted by Gasteiger charge is 2.32. The van der Waals surface area contributed by atoms with Gasteiger partial charge in [-0.2, -0.15) is 0 Å². The number of benzene rings is 1. The van der Waals surface area contributed by atoms with Crippen molar-refractivity contribution in [3.05, 3.63) is 28.5 Å². The van der Waals surface area contributed by atoms with Crippen LogP contribution in [0.3, 0.4) is 0 Å². The Labute approximate surface area is 108 Å². The molecule has 92 valence electrons. The van der Waals surface area contributed by atoms with Gasteiger partial charge in [0.25, 0.3) is 0 Å². The van der Waals surface area contributed by atoms with E-state index in [1.807, 2.05) is 0 Å². The summed E-state index contributed by atoms with van der Waals surface area (Å²) in [6.45, 7) is 0. The van der Waals surface area contributed by atoms with Gasteiger partial charge < -0.3 is 4.74 Å². The molecule has 0 N–H and O–H groups in total. The Morgan fingerprint density at radius 1 is 1.53 bits per heavy atom. The maximum absolute atomic E-state index is 13.5. The minimum Gasteiger partial charge on any atom is -0.452 e. The molecule has 1 aliphatic carbocycles. The lowest BCUT2D eigenvalue weighted by atomic mass is 9.91. The molecule has 1 fully saturated rings. The second-order valence-corrected chi connectivity index (χ2v) is 4.79. The van der Waals surface area contributed by atoms with Crippen LogP contribution in [0.4, 0.5) is 14.9 Å². The summed E-state index contributed by atoms with van der Waals surface area (Å²) < 4.78 is 18.5. The molecular formula is C12H13BrFNO2. The van der Waals surface area contributed by atoms with E-state index >= 15 is 0 Å². The maximum Gasteiger partial charge on any atom is 0.414 e. The van der Waals surface area contributed by atoms with Gasteiger partial charge in [-0.1, -0.05) is 6.07 Å². The van der Waals surface area contributed by atoms with Crippen molar-refractivity contribution in [3.63, 3.8) is 0 Å². The molecule has 17 heavy (non-hydrogen) atoms. The molecule has 0 atom stereocenters. The van der Waals surface area contributed by atoms with Crippen molar-refractivity contribution in [1.29, 1.82) is 0 Å². The molecule has 0 saturated heterocycles. The lowest BCUT2D eigenvalue weighted by Gasteiger charge is -2.36. The van der Waals surface area contributed by atoms with Crippen LogP contribution in [-0.4, -0.2) is 19.2 Å². The van der Waals surface area contributed by atoms with E-state index in [0.29, 0.717) is 10.2 Å². The topological polar surface area (TPSA) is 29.5 Å². The summed E-state index contributed by atoms with van der Waals surface area (Å²) in [5, 5.41) is 0. The molecule has 0 bridgehead atoms. The highest BCUT2D eigenvalue weighted by molar-refractivity contribution is 9.10. The van der Waals surface area contributed by atoms with Gasteiger partial charge in [0.15, 0.2) is 0 Å². The third kappa shape index (κ3) is 2.29. The number of hydrogen-bond donors (Lipinski definition) is 0. The van der Waals surface area contributed by atoms with Crippen LogP contribution in [-0.2, 0) is 4.74 Å². The standard InChI is InChI=1S/C12H13BrFNO2/c1-17-12(16)15(8-4-2-5-8)10-7-3-6-9(14)11(10)13/h3,6-8H,2,4-5H2,1H3. The van der Waals surface area contributed by atoms with E-state index in [-0.39, 0.29) is 11.9 Å². The summed E-state index contributed by atoms with van der Waals surface area (Å²) in [5.41, 5.74) is 0.529. The highest BCUT2D eigenvalue weighted by atomic mass is 79.9. The zero-order valence-electron chi connectivity index (χ0n) is 9.45. The first-order valence-electron chi connectivity index (χ1n) is 5.46. The van der Waals surface area contributed by atoms with Gasteiger partial charge in [-0.25, -0.2) is 9.18 Å². The summed E-state index contributed by atoms with van der Waals surface area (Å²) in [6.07, 6.45) is 2.50. The third-order valence-corrected chi connectivity index (χ3v) is 3.79. The molecule has 0 aromatic heterocycles. The Kier molecular flexibility index (Phi) is 3.66. The van der Waals surface area contributed by atoms with E-state index in [1.165, 1.54) is 18.1 Å². The number of hydrogen-bond acceptors (Lipinski definition) is 2. The first-order valence-corrected chi connectivity index (χ1v) is 6.25. The van der Waals surface area contributed by atoms with Crippen LogP contribution in [0.15, 0.2) is 22.7 Å². The second-order valence-electron chi connectivity index (χ2n) is 4.00. The molecule has 2 rings (SSSR count). The fraction of sp³-hybridized carbons (Fsp3) is 0.417. The van der Waals surface area contributed by atoms with Crippen LogP contribution in [0, 0.1) is 5.82 Å². The molecule has 0 aliphatic heterocycles. The van der Waals surface area contributed by atoms with Crippen LogP contribution in [0.2, 0.25) is 0 Å². The van der Waals surface area contributed by atoms with Crippen LogP contribution < -0.4 is 4.90 Å². The minimum absolute atomic E-state index is 0.112. The molecule has 0 spiro atoms. The van der Waals surface area contributed by atoms with Crippen molar-refractivity contribution in [3.8, 4) is 0 Å². The van der Waals surface area contributed by atoms with Crippen molar-refractivity contribution >= 4 is 27.7 Å². The van der Waals surface area contributed by atoms with Crippen LogP contribution >= 0.6 is 15.9 Å². The first-order chi connectivity index (χ1) is 8.15. The van der Waals surface area contributed by atoms with Crippen molar-refractivity contribution in [2.24, 2.45) is 0 Å². The molecule has 0 unspecified atom stereocenters. The Morgan fingerprint density at radius 2 is 2.24 bits per heavy atom. The van der Waals surface area contributed by atoms with E-state index in [0.717, 1.165) is 19.3 Å². The zero-order valence-corrected chi connectivity index (χ0v) is 11.0. The molecule has 1 saturated carbocycles. The van der Waals surface area contributed by atoms with Gasteiger partial charge in [0, 0.05) is 6.04 Å². The van der Waals surface area contributed by atoms with Crippen LogP contribution in [0.25, 0.3) is 0 Å². The van der Waals surface area contributed by atoms with E-state index < -0.39 is 6.09 Å². The minimum atomic E-state index is -0.444. The largest absolute Gasteiger partial charge is 0.452 e. The fourth-order valence-electron chi connectivity index (χ4n) is 1.87. The maximum atomic E-state index is 13.5. The van der Waals surface area contributed by atoms with E-state index in [1.54, 1.807) is 12.1 Å². The van der Waals surface area contributed by atoms with Gasteiger partial charge in [0.05, 0.1) is 17.3 Å². The van der Waals surface area contributed by atoms with Gasteiger partial charge in [0.2, 0.25) is 0 Å². The number of carbonyl (C=O) groups is 1. The molecule has 1 aromatic carbocycles. The van der Waals surface area contributed by atoms with Gasteiger partial charge in [-0.3, -0.25) is 4.90 Å². The highest BCUT2D eigenvalue weighted by Crippen LogP contribution is 2.35. The second kappa shape index (κ2) is 5.04. The summed E-state index contributed by atoms with van der Waals surface area (Å²) in [5.74, 6) is -0.379.